The van der Waals surface area contributed by atoms with E-state index in [2.05, 4.69) is 5.32 Å². The van der Waals surface area contributed by atoms with E-state index in [0.29, 0.717) is 23.8 Å². The number of hydrogen-bond donors (Lipinski definition) is 1. The van der Waals surface area contributed by atoms with Gasteiger partial charge in [0.05, 0.1) is 25.6 Å². The first-order chi connectivity index (χ1) is 13.0. The van der Waals surface area contributed by atoms with Crippen LogP contribution in [0.1, 0.15) is 39.0 Å². The lowest BCUT2D eigenvalue weighted by Crippen LogP contribution is -2.34. The van der Waals surface area contributed by atoms with Gasteiger partial charge in [0.1, 0.15) is 0 Å². The molecule has 3 amide bonds. The highest BCUT2D eigenvalue weighted by atomic mass is 16.5. The number of carbonyl (C=O) groups excluding carboxylic acids is 3. The molecular weight excluding hydrogens is 348 g/mol. The molecule has 0 radical (unpaired) electrons. The molecule has 3 rings (SSSR count). The van der Waals surface area contributed by atoms with Gasteiger partial charge < -0.3 is 14.8 Å². The van der Waals surface area contributed by atoms with Crippen LogP contribution in [0.25, 0.3) is 0 Å². The van der Waals surface area contributed by atoms with E-state index in [-0.39, 0.29) is 42.5 Å². The predicted molar refractivity (Wildman–Crippen MR) is 99.6 cm³/mol. The number of benzene rings is 1. The Bertz CT molecular complexity index is 709. The van der Waals surface area contributed by atoms with E-state index in [9.17, 15) is 14.4 Å². The van der Waals surface area contributed by atoms with Crippen molar-refractivity contribution < 1.29 is 23.9 Å². The van der Waals surface area contributed by atoms with Gasteiger partial charge in [0.2, 0.25) is 17.7 Å². The zero-order valence-corrected chi connectivity index (χ0v) is 15.8. The summed E-state index contributed by atoms with van der Waals surface area (Å²) in [6, 6.07) is 5.14. The first-order valence-corrected chi connectivity index (χ1v) is 9.51. The molecule has 27 heavy (non-hydrogen) atoms. The molecule has 1 aliphatic carbocycles. The Morgan fingerprint density at radius 3 is 2.41 bits per heavy atom. The molecule has 2 fully saturated rings. The lowest BCUT2D eigenvalue weighted by atomic mass is 9.81. The van der Waals surface area contributed by atoms with Gasteiger partial charge in [0, 0.05) is 24.7 Å². The fourth-order valence-corrected chi connectivity index (χ4v) is 3.91. The number of carbonyl (C=O) groups is 3. The molecule has 2 aliphatic rings. The SMILES string of the molecule is CCOc1ccc(NC(=O)CCN2C(=O)[C@H]3CCCC[C@H]3C2=O)cc1OC. The molecule has 146 valence electrons. The number of imide groups is 1. The number of likely N-dealkylation sites (tertiary alicyclic amines) is 1. The molecule has 1 heterocycles. The van der Waals surface area contributed by atoms with Crippen LogP contribution in [0.3, 0.4) is 0 Å². The van der Waals surface area contributed by atoms with Gasteiger partial charge >= 0.3 is 0 Å². The number of amides is 3. The van der Waals surface area contributed by atoms with Gasteiger partial charge in [-0.2, -0.15) is 0 Å². The summed E-state index contributed by atoms with van der Waals surface area (Å²) < 4.78 is 10.7. The van der Waals surface area contributed by atoms with Gasteiger partial charge in [-0.25, -0.2) is 0 Å². The van der Waals surface area contributed by atoms with Crippen LogP contribution in [-0.2, 0) is 14.4 Å². The number of rotatable bonds is 7. The smallest absolute Gasteiger partial charge is 0.233 e. The molecule has 2 atom stereocenters. The molecule has 1 saturated heterocycles. The van der Waals surface area contributed by atoms with Gasteiger partial charge in [-0.15, -0.1) is 0 Å². The summed E-state index contributed by atoms with van der Waals surface area (Å²) in [5.74, 6) is 0.309. The highest BCUT2D eigenvalue weighted by Crippen LogP contribution is 2.38. The van der Waals surface area contributed by atoms with Crippen molar-refractivity contribution in [2.75, 3.05) is 25.6 Å². The zero-order chi connectivity index (χ0) is 19.4. The normalized spacial score (nSPS) is 21.8. The Hall–Kier alpha value is -2.57. The fourth-order valence-electron chi connectivity index (χ4n) is 3.91. The van der Waals surface area contributed by atoms with Gasteiger partial charge in [-0.3, -0.25) is 19.3 Å². The van der Waals surface area contributed by atoms with E-state index in [1.807, 2.05) is 6.92 Å². The minimum atomic E-state index is -0.253. The van der Waals surface area contributed by atoms with E-state index in [1.54, 1.807) is 18.2 Å². The third-order valence-electron chi connectivity index (χ3n) is 5.24. The second-order valence-electron chi connectivity index (χ2n) is 6.92. The van der Waals surface area contributed by atoms with E-state index in [0.717, 1.165) is 25.7 Å². The van der Waals surface area contributed by atoms with Crippen LogP contribution in [0.15, 0.2) is 18.2 Å². The fraction of sp³-hybridized carbons (Fsp3) is 0.550. The van der Waals surface area contributed by atoms with Crippen LogP contribution in [0.2, 0.25) is 0 Å². The molecule has 1 aromatic carbocycles. The van der Waals surface area contributed by atoms with Gasteiger partial charge in [0.25, 0.3) is 0 Å². The average Bonchev–Trinajstić information content (AvgIpc) is 2.92. The summed E-state index contributed by atoms with van der Waals surface area (Å²) in [6.45, 7) is 2.53. The molecule has 0 bridgehead atoms. The van der Waals surface area contributed by atoms with Crippen molar-refractivity contribution in [3.05, 3.63) is 18.2 Å². The quantitative estimate of drug-likeness (QED) is 0.742. The number of nitrogens with one attached hydrogen (secondary N) is 1. The molecule has 0 aromatic heterocycles. The van der Waals surface area contributed by atoms with Gasteiger partial charge in [-0.1, -0.05) is 12.8 Å². The number of hydrogen-bond acceptors (Lipinski definition) is 5. The largest absolute Gasteiger partial charge is 0.493 e. The summed E-state index contributed by atoms with van der Waals surface area (Å²) in [7, 11) is 1.54. The number of fused-ring (bicyclic) bond motifs is 1. The molecule has 1 aromatic rings. The lowest BCUT2D eigenvalue weighted by molar-refractivity contribution is -0.140. The van der Waals surface area contributed by atoms with Crippen molar-refractivity contribution in [3.8, 4) is 11.5 Å². The second-order valence-corrected chi connectivity index (χ2v) is 6.92. The van der Waals surface area contributed by atoms with E-state index < -0.39 is 0 Å². The lowest BCUT2D eigenvalue weighted by Gasteiger charge is -2.19. The van der Waals surface area contributed by atoms with Crippen LogP contribution in [0.4, 0.5) is 5.69 Å². The van der Waals surface area contributed by atoms with Crippen molar-refractivity contribution in [3.63, 3.8) is 0 Å². The number of anilines is 1. The summed E-state index contributed by atoms with van der Waals surface area (Å²) >= 11 is 0. The van der Waals surface area contributed by atoms with E-state index >= 15 is 0 Å². The van der Waals surface area contributed by atoms with Crippen molar-refractivity contribution in [1.29, 1.82) is 0 Å². The maximum absolute atomic E-state index is 12.4. The van der Waals surface area contributed by atoms with E-state index in [4.69, 9.17) is 9.47 Å². The molecular formula is C20H26N2O5. The van der Waals surface area contributed by atoms with Crippen molar-refractivity contribution in [2.45, 2.75) is 39.0 Å². The van der Waals surface area contributed by atoms with Crippen LogP contribution < -0.4 is 14.8 Å². The van der Waals surface area contributed by atoms with Crippen LogP contribution in [0, 0.1) is 11.8 Å². The summed E-state index contributed by atoms with van der Waals surface area (Å²) in [6.07, 6.45) is 3.63. The first kappa shape index (κ1) is 19.2. The van der Waals surface area contributed by atoms with Gasteiger partial charge in [-0.05, 0) is 31.9 Å². The zero-order valence-electron chi connectivity index (χ0n) is 15.8. The van der Waals surface area contributed by atoms with Crippen molar-refractivity contribution in [2.24, 2.45) is 11.8 Å². The molecule has 1 aliphatic heterocycles. The monoisotopic (exact) mass is 374 g/mol. The Morgan fingerprint density at radius 2 is 1.81 bits per heavy atom. The summed E-state index contributed by atoms with van der Waals surface area (Å²) in [4.78, 5) is 38.4. The predicted octanol–water partition coefficient (Wildman–Crippen LogP) is 2.60. The van der Waals surface area contributed by atoms with Crippen molar-refractivity contribution in [1.82, 2.24) is 4.90 Å². The topological polar surface area (TPSA) is 84.9 Å². The summed E-state index contributed by atoms with van der Waals surface area (Å²) in [5.41, 5.74) is 0.577. The summed E-state index contributed by atoms with van der Waals surface area (Å²) in [5, 5.41) is 2.78. The third kappa shape index (κ3) is 4.07. The number of methoxy groups -OCH3 is 1. The Labute approximate surface area is 159 Å². The van der Waals surface area contributed by atoms with Gasteiger partial charge in [0.15, 0.2) is 11.5 Å². The van der Waals surface area contributed by atoms with Crippen LogP contribution in [-0.4, -0.2) is 42.9 Å². The number of ether oxygens (including phenoxy) is 2. The standard InChI is InChI=1S/C20H26N2O5/c1-3-27-16-9-8-13(12-17(16)26-2)21-18(23)10-11-22-19(24)14-6-4-5-7-15(14)20(22)25/h8-9,12,14-15H,3-7,10-11H2,1-2H3,(H,21,23)/t14-,15+. The Balaban J connectivity index is 1.57. The minimum absolute atomic E-state index is 0.0758. The van der Waals surface area contributed by atoms with Crippen LogP contribution in [0.5, 0.6) is 11.5 Å². The molecule has 7 heteroatoms. The van der Waals surface area contributed by atoms with E-state index in [1.165, 1.54) is 12.0 Å². The highest BCUT2D eigenvalue weighted by Gasteiger charge is 2.47. The molecule has 1 saturated carbocycles. The molecule has 1 N–H and O–H groups in total. The second kappa shape index (κ2) is 8.41. The first-order valence-electron chi connectivity index (χ1n) is 9.51. The third-order valence-corrected chi connectivity index (χ3v) is 5.24. The highest BCUT2D eigenvalue weighted by molar-refractivity contribution is 6.05. The maximum Gasteiger partial charge on any atom is 0.233 e. The maximum atomic E-state index is 12.4. The van der Waals surface area contributed by atoms with Crippen LogP contribution >= 0.6 is 0 Å². The Kier molecular flexibility index (Phi) is 5.98. The molecule has 0 unspecified atom stereocenters. The average molecular weight is 374 g/mol. The number of nitrogens with zero attached hydrogens (tertiary/aromatic N) is 1. The van der Waals surface area contributed by atoms with Crippen molar-refractivity contribution >= 4 is 23.4 Å². The minimum Gasteiger partial charge on any atom is -0.493 e. The molecule has 7 nitrogen and oxygen atoms in total. The Morgan fingerprint density at radius 1 is 1.15 bits per heavy atom. The molecule has 0 spiro atoms.